The smallest absolute Gasteiger partial charge is 0.311 e. The molecule has 0 spiro atoms. The van der Waals surface area contributed by atoms with Crippen molar-refractivity contribution in [3.63, 3.8) is 0 Å². The van der Waals surface area contributed by atoms with Crippen molar-refractivity contribution in [2.75, 3.05) is 26.8 Å². The van der Waals surface area contributed by atoms with Crippen molar-refractivity contribution in [2.45, 2.75) is 25.7 Å². The van der Waals surface area contributed by atoms with Gasteiger partial charge >= 0.3 is 5.97 Å². The molecule has 0 bridgehead atoms. The zero-order chi connectivity index (χ0) is 19.3. The van der Waals surface area contributed by atoms with Crippen LogP contribution in [0.5, 0.6) is 0 Å². The summed E-state index contributed by atoms with van der Waals surface area (Å²) in [6, 6.07) is 7.28. The molecular weight excluding hydrogens is 346 g/mol. The fraction of sp³-hybridized carbons (Fsp3) is 0.450. The van der Waals surface area contributed by atoms with Crippen LogP contribution >= 0.6 is 0 Å². The van der Waals surface area contributed by atoms with Crippen molar-refractivity contribution >= 4 is 11.9 Å². The molecule has 0 radical (unpaired) electrons. The van der Waals surface area contributed by atoms with Crippen molar-refractivity contribution in [1.82, 2.24) is 14.9 Å². The number of nitrogens with one attached hydrogen (secondary N) is 1. The van der Waals surface area contributed by atoms with Gasteiger partial charge in [0.15, 0.2) is 0 Å². The van der Waals surface area contributed by atoms with Gasteiger partial charge in [0.25, 0.3) is 5.91 Å². The molecule has 2 aromatic rings. The van der Waals surface area contributed by atoms with Crippen LogP contribution in [0.15, 0.2) is 36.7 Å². The molecule has 144 valence electrons. The minimum atomic E-state index is -0.911. The molecule has 3 rings (SSSR count). The van der Waals surface area contributed by atoms with Crippen LogP contribution in [0.25, 0.3) is 11.4 Å². The molecule has 1 fully saturated rings. The van der Waals surface area contributed by atoms with Gasteiger partial charge < -0.3 is 19.7 Å². The molecule has 7 heteroatoms. The fourth-order valence-corrected chi connectivity index (χ4v) is 3.80. The Balaban J connectivity index is 1.84. The van der Waals surface area contributed by atoms with Crippen molar-refractivity contribution < 1.29 is 19.4 Å². The normalized spacial score (nSPS) is 19.8. The number of hydrogen-bond acceptors (Lipinski definition) is 4. The molecule has 1 aromatic heterocycles. The van der Waals surface area contributed by atoms with Gasteiger partial charge in [0, 0.05) is 44.8 Å². The van der Waals surface area contributed by atoms with Crippen LogP contribution < -0.4 is 0 Å². The second-order valence-electron chi connectivity index (χ2n) is 7.00. The van der Waals surface area contributed by atoms with Crippen LogP contribution in [-0.2, 0) is 9.53 Å². The molecule has 0 aliphatic carbocycles. The second-order valence-corrected chi connectivity index (χ2v) is 7.00. The van der Waals surface area contributed by atoms with E-state index in [1.807, 2.05) is 18.2 Å². The van der Waals surface area contributed by atoms with Gasteiger partial charge in [-0.15, -0.1) is 0 Å². The first-order chi connectivity index (χ1) is 13.1. The maximum atomic E-state index is 13.2. The number of rotatable bonds is 7. The van der Waals surface area contributed by atoms with E-state index in [0.29, 0.717) is 50.2 Å². The number of methoxy groups -OCH3 is 1. The highest BCUT2D eigenvalue weighted by molar-refractivity contribution is 6.00. The highest BCUT2D eigenvalue weighted by atomic mass is 16.5. The molecule has 27 heavy (non-hydrogen) atoms. The van der Waals surface area contributed by atoms with Gasteiger partial charge in [-0.1, -0.05) is 18.2 Å². The Bertz CT molecular complexity index is 790. The van der Waals surface area contributed by atoms with Gasteiger partial charge in [0.2, 0.25) is 0 Å². The van der Waals surface area contributed by atoms with E-state index in [0.717, 1.165) is 5.56 Å². The number of H-pyrrole nitrogens is 1. The standard InChI is InChI=1S/C20H25N3O4/c1-27-13-5-9-20(19(25)26)8-4-12-23(14-20)18(24)16-7-3-2-6-15(16)17-21-10-11-22-17/h2-3,6-7,10-11H,4-5,8-9,12-14H2,1H3,(H,21,22)(H,25,26)/t20-/m1/s1. The number of amides is 1. The Labute approximate surface area is 158 Å². The lowest BCUT2D eigenvalue weighted by atomic mass is 9.76. The molecule has 7 nitrogen and oxygen atoms in total. The number of carbonyl (C=O) groups excluding carboxylic acids is 1. The Morgan fingerprint density at radius 3 is 2.89 bits per heavy atom. The third-order valence-corrected chi connectivity index (χ3v) is 5.23. The number of carbonyl (C=O) groups is 2. The maximum Gasteiger partial charge on any atom is 0.311 e. The number of carboxylic acid groups (broad SMARTS) is 1. The number of piperidine rings is 1. The highest BCUT2D eigenvalue weighted by Gasteiger charge is 2.43. The number of benzene rings is 1. The molecule has 1 aliphatic heterocycles. The van der Waals surface area contributed by atoms with E-state index >= 15 is 0 Å². The Kier molecular flexibility index (Phi) is 5.91. The SMILES string of the molecule is COCCC[C@]1(C(=O)O)CCCN(C(=O)c2ccccc2-c2ncc[nH]2)C1. The summed E-state index contributed by atoms with van der Waals surface area (Å²) in [5.74, 6) is -0.366. The second kappa shape index (κ2) is 8.35. The highest BCUT2D eigenvalue weighted by Crippen LogP contribution is 2.36. The number of likely N-dealkylation sites (tertiary alicyclic amines) is 1. The minimum absolute atomic E-state index is 0.154. The lowest BCUT2D eigenvalue weighted by Gasteiger charge is -2.40. The molecule has 2 N–H and O–H groups in total. The predicted octanol–water partition coefficient (Wildman–Crippen LogP) is 2.81. The van der Waals surface area contributed by atoms with E-state index in [9.17, 15) is 14.7 Å². The van der Waals surface area contributed by atoms with E-state index in [1.54, 1.807) is 30.5 Å². The van der Waals surface area contributed by atoms with Crippen LogP contribution in [0.3, 0.4) is 0 Å². The summed E-state index contributed by atoms with van der Waals surface area (Å²) in [6.45, 7) is 1.30. The summed E-state index contributed by atoms with van der Waals surface area (Å²) in [4.78, 5) is 34.2. The zero-order valence-electron chi connectivity index (χ0n) is 15.5. The first-order valence-electron chi connectivity index (χ1n) is 9.18. The van der Waals surface area contributed by atoms with E-state index in [2.05, 4.69) is 9.97 Å². The Hall–Kier alpha value is -2.67. The molecule has 1 atom stereocenters. The van der Waals surface area contributed by atoms with Crippen molar-refractivity contribution in [1.29, 1.82) is 0 Å². The van der Waals surface area contributed by atoms with E-state index in [4.69, 9.17) is 4.74 Å². The minimum Gasteiger partial charge on any atom is -0.481 e. The predicted molar refractivity (Wildman–Crippen MR) is 100 cm³/mol. The third-order valence-electron chi connectivity index (χ3n) is 5.23. The largest absolute Gasteiger partial charge is 0.481 e. The van der Waals surface area contributed by atoms with Crippen LogP contribution in [0, 0.1) is 5.41 Å². The van der Waals surface area contributed by atoms with Gasteiger partial charge in [0.1, 0.15) is 5.82 Å². The first kappa shape index (κ1) is 19.1. The number of aromatic nitrogens is 2. The van der Waals surface area contributed by atoms with Crippen LogP contribution in [0.2, 0.25) is 0 Å². The number of carboxylic acids is 1. The fourth-order valence-electron chi connectivity index (χ4n) is 3.80. The van der Waals surface area contributed by atoms with Gasteiger partial charge in [-0.05, 0) is 31.7 Å². The quantitative estimate of drug-likeness (QED) is 0.730. The van der Waals surface area contributed by atoms with E-state index < -0.39 is 11.4 Å². The number of imidazole rings is 1. The van der Waals surface area contributed by atoms with E-state index in [-0.39, 0.29) is 12.5 Å². The maximum absolute atomic E-state index is 13.2. The summed E-state index contributed by atoms with van der Waals surface area (Å²) in [5.41, 5.74) is 0.343. The van der Waals surface area contributed by atoms with Gasteiger partial charge in [-0.3, -0.25) is 9.59 Å². The summed E-state index contributed by atoms with van der Waals surface area (Å²) in [7, 11) is 1.61. The van der Waals surface area contributed by atoms with E-state index in [1.165, 1.54) is 0 Å². The van der Waals surface area contributed by atoms with Crippen molar-refractivity contribution in [3.8, 4) is 11.4 Å². The summed E-state index contributed by atoms with van der Waals surface area (Å²) >= 11 is 0. The summed E-state index contributed by atoms with van der Waals surface area (Å²) in [5, 5.41) is 9.87. The molecule has 1 saturated heterocycles. The van der Waals surface area contributed by atoms with Crippen LogP contribution in [-0.4, -0.2) is 58.7 Å². The van der Waals surface area contributed by atoms with Crippen LogP contribution in [0.1, 0.15) is 36.0 Å². The summed E-state index contributed by atoms with van der Waals surface area (Å²) in [6.07, 6.45) is 5.77. The molecule has 0 unspecified atom stereocenters. The monoisotopic (exact) mass is 371 g/mol. The van der Waals surface area contributed by atoms with Crippen molar-refractivity contribution in [2.24, 2.45) is 5.41 Å². The van der Waals surface area contributed by atoms with Crippen molar-refractivity contribution in [3.05, 3.63) is 42.2 Å². The zero-order valence-corrected chi connectivity index (χ0v) is 15.5. The molecule has 1 aliphatic rings. The lowest BCUT2D eigenvalue weighted by Crippen LogP contribution is -2.50. The van der Waals surface area contributed by atoms with Crippen LogP contribution in [0.4, 0.5) is 0 Å². The average molecular weight is 371 g/mol. The topological polar surface area (TPSA) is 95.5 Å². The molecule has 2 heterocycles. The Morgan fingerprint density at radius 1 is 1.37 bits per heavy atom. The van der Waals surface area contributed by atoms with Gasteiger partial charge in [-0.25, -0.2) is 4.98 Å². The number of nitrogens with zero attached hydrogens (tertiary/aromatic N) is 2. The average Bonchev–Trinajstić information content (AvgIpc) is 3.22. The third kappa shape index (κ3) is 4.03. The first-order valence-corrected chi connectivity index (χ1v) is 9.18. The molecule has 1 amide bonds. The van der Waals surface area contributed by atoms with Gasteiger partial charge in [-0.2, -0.15) is 0 Å². The number of aromatic amines is 1. The summed E-state index contributed by atoms with van der Waals surface area (Å²) < 4.78 is 5.07. The number of hydrogen-bond donors (Lipinski definition) is 2. The van der Waals surface area contributed by atoms with Gasteiger partial charge in [0.05, 0.1) is 11.0 Å². The molecule has 1 aromatic carbocycles. The molecule has 0 saturated carbocycles. The molecular formula is C20H25N3O4. The number of aliphatic carboxylic acids is 1. The number of ether oxygens (including phenoxy) is 1. The lowest BCUT2D eigenvalue weighted by molar-refractivity contribution is -0.152. The Morgan fingerprint density at radius 2 is 2.19 bits per heavy atom.